The van der Waals surface area contributed by atoms with Crippen molar-refractivity contribution >= 4 is 5.97 Å². The highest BCUT2D eigenvalue weighted by Crippen LogP contribution is 1.91. The Kier molecular flexibility index (Phi) is 30.3. The summed E-state index contributed by atoms with van der Waals surface area (Å²) in [5.41, 5.74) is 0. The van der Waals surface area contributed by atoms with Gasteiger partial charge in [0.05, 0.1) is 112 Å². The molecule has 0 heterocycles. The molecule has 0 aromatic heterocycles. The molecular formula is C24H48O11. The Labute approximate surface area is 210 Å². The van der Waals surface area contributed by atoms with E-state index >= 15 is 0 Å². The van der Waals surface area contributed by atoms with Gasteiger partial charge < -0.3 is 47.4 Å². The fourth-order valence-electron chi connectivity index (χ4n) is 2.39. The van der Waals surface area contributed by atoms with Crippen LogP contribution in [0.1, 0.15) is 26.7 Å². The monoisotopic (exact) mass is 512 g/mol. The minimum absolute atomic E-state index is 0.185. The summed E-state index contributed by atoms with van der Waals surface area (Å²) in [6, 6.07) is 0. The van der Waals surface area contributed by atoms with Crippen LogP contribution in [0, 0.1) is 0 Å². The van der Waals surface area contributed by atoms with Crippen molar-refractivity contribution in [2.75, 3.05) is 126 Å². The average Bonchev–Trinajstić information content (AvgIpc) is 2.86. The summed E-state index contributed by atoms with van der Waals surface area (Å²) >= 11 is 0. The minimum Gasteiger partial charge on any atom is -0.463 e. The minimum atomic E-state index is -0.185. The second-order valence-electron chi connectivity index (χ2n) is 7.07. The molecule has 0 spiro atoms. The topological polar surface area (TPSA) is 109 Å². The number of rotatable bonds is 30. The second kappa shape index (κ2) is 31.1. The Balaban J connectivity index is 3.04. The molecule has 0 N–H and O–H groups in total. The van der Waals surface area contributed by atoms with E-state index in [0.717, 1.165) is 6.42 Å². The van der Waals surface area contributed by atoms with Crippen LogP contribution in [0.15, 0.2) is 0 Å². The van der Waals surface area contributed by atoms with Crippen molar-refractivity contribution in [3.05, 3.63) is 0 Å². The van der Waals surface area contributed by atoms with Gasteiger partial charge in [0.25, 0.3) is 0 Å². The van der Waals surface area contributed by atoms with Crippen molar-refractivity contribution in [1.82, 2.24) is 0 Å². The van der Waals surface area contributed by atoms with Gasteiger partial charge in [0.15, 0.2) is 0 Å². The third-order valence-electron chi connectivity index (χ3n) is 4.13. The van der Waals surface area contributed by atoms with Crippen molar-refractivity contribution in [2.24, 2.45) is 0 Å². The number of esters is 1. The van der Waals surface area contributed by atoms with Gasteiger partial charge in [-0.25, -0.2) is 0 Å². The van der Waals surface area contributed by atoms with Gasteiger partial charge in [0, 0.05) is 13.0 Å². The maximum Gasteiger partial charge on any atom is 0.305 e. The Morgan fingerprint density at radius 2 is 0.657 bits per heavy atom. The van der Waals surface area contributed by atoms with E-state index in [2.05, 4.69) is 0 Å². The maximum absolute atomic E-state index is 11.1. The van der Waals surface area contributed by atoms with E-state index in [1.165, 1.54) is 0 Å². The Morgan fingerprint density at radius 1 is 0.400 bits per heavy atom. The molecule has 0 saturated heterocycles. The number of hydrogen-bond donors (Lipinski definition) is 0. The van der Waals surface area contributed by atoms with E-state index in [9.17, 15) is 4.79 Å². The summed E-state index contributed by atoms with van der Waals surface area (Å²) in [7, 11) is 0. The standard InChI is InChI=1S/C24H48O11/c1-3-5-24(25)35-23-22-34-21-20-33-19-18-32-17-16-31-15-14-30-13-12-29-11-10-28-9-8-27-7-6-26-4-2/h3-23H2,1-2H3. The molecule has 35 heavy (non-hydrogen) atoms. The molecule has 0 aromatic rings. The van der Waals surface area contributed by atoms with Gasteiger partial charge in [-0.05, 0) is 13.3 Å². The Morgan fingerprint density at radius 3 is 0.914 bits per heavy atom. The first-order valence-electron chi connectivity index (χ1n) is 12.7. The van der Waals surface area contributed by atoms with Crippen molar-refractivity contribution < 1.29 is 52.2 Å². The molecule has 0 aromatic carbocycles. The normalized spacial score (nSPS) is 11.3. The van der Waals surface area contributed by atoms with Gasteiger partial charge in [-0.1, -0.05) is 6.92 Å². The molecule has 0 aliphatic carbocycles. The lowest BCUT2D eigenvalue weighted by atomic mass is 10.3. The smallest absolute Gasteiger partial charge is 0.305 e. The molecule has 11 heteroatoms. The molecule has 0 bridgehead atoms. The summed E-state index contributed by atoms with van der Waals surface area (Å²) in [6.45, 7) is 13.7. The van der Waals surface area contributed by atoms with Gasteiger partial charge >= 0.3 is 5.97 Å². The van der Waals surface area contributed by atoms with Crippen LogP contribution < -0.4 is 0 Å². The largest absolute Gasteiger partial charge is 0.463 e. The third-order valence-corrected chi connectivity index (χ3v) is 4.13. The van der Waals surface area contributed by atoms with Crippen LogP contribution in [0.5, 0.6) is 0 Å². The third kappa shape index (κ3) is 31.1. The van der Waals surface area contributed by atoms with E-state index in [1.807, 2.05) is 13.8 Å². The fourth-order valence-corrected chi connectivity index (χ4v) is 2.39. The highest BCUT2D eigenvalue weighted by molar-refractivity contribution is 5.69. The number of hydrogen-bond acceptors (Lipinski definition) is 11. The first-order chi connectivity index (χ1) is 17.3. The van der Waals surface area contributed by atoms with E-state index < -0.39 is 0 Å². The van der Waals surface area contributed by atoms with Crippen LogP contribution in [-0.4, -0.2) is 132 Å². The zero-order valence-corrected chi connectivity index (χ0v) is 21.8. The van der Waals surface area contributed by atoms with Gasteiger partial charge in [0.1, 0.15) is 6.61 Å². The van der Waals surface area contributed by atoms with E-state index in [1.54, 1.807) is 0 Å². The lowest BCUT2D eigenvalue weighted by Crippen LogP contribution is -2.15. The molecule has 0 fully saturated rings. The van der Waals surface area contributed by atoms with Crippen LogP contribution in [0.25, 0.3) is 0 Å². The number of carbonyl (C=O) groups is 1. The van der Waals surface area contributed by atoms with E-state index in [4.69, 9.17) is 47.4 Å². The molecule has 0 radical (unpaired) electrons. The number of ether oxygens (including phenoxy) is 10. The summed E-state index contributed by atoms with van der Waals surface area (Å²) in [4.78, 5) is 11.1. The van der Waals surface area contributed by atoms with E-state index in [-0.39, 0.29) is 12.6 Å². The maximum atomic E-state index is 11.1. The zero-order valence-electron chi connectivity index (χ0n) is 21.8. The van der Waals surface area contributed by atoms with Crippen LogP contribution in [0.2, 0.25) is 0 Å². The molecule has 210 valence electrons. The summed E-state index contributed by atoms with van der Waals surface area (Å²) in [5, 5.41) is 0. The molecular weight excluding hydrogens is 464 g/mol. The lowest BCUT2D eigenvalue weighted by Gasteiger charge is -2.09. The average molecular weight is 513 g/mol. The van der Waals surface area contributed by atoms with Crippen LogP contribution in [0.4, 0.5) is 0 Å². The second-order valence-corrected chi connectivity index (χ2v) is 7.07. The highest BCUT2D eigenvalue weighted by atomic mass is 16.6. The first kappa shape index (κ1) is 34.1. The van der Waals surface area contributed by atoms with Crippen molar-refractivity contribution in [3.63, 3.8) is 0 Å². The number of carbonyl (C=O) groups excluding carboxylic acids is 1. The SMILES string of the molecule is CCCC(=O)OCCOCCOCCOCCOCCOCCOCCOCCOCCOCC. The van der Waals surface area contributed by atoms with Crippen molar-refractivity contribution in [1.29, 1.82) is 0 Å². The van der Waals surface area contributed by atoms with Gasteiger partial charge in [-0.15, -0.1) is 0 Å². The van der Waals surface area contributed by atoms with Crippen LogP contribution >= 0.6 is 0 Å². The molecule has 0 atom stereocenters. The highest BCUT2D eigenvalue weighted by Gasteiger charge is 2.00. The zero-order chi connectivity index (χ0) is 25.5. The molecule has 0 aliphatic heterocycles. The van der Waals surface area contributed by atoms with Crippen LogP contribution in [-0.2, 0) is 52.2 Å². The van der Waals surface area contributed by atoms with Crippen molar-refractivity contribution in [2.45, 2.75) is 26.7 Å². The van der Waals surface area contributed by atoms with Crippen LogP contribution in [0.3, 0.4) is 0 Å². The molecule has 11 nitrogen and oxygen atoms in total. The van der Waals surface area contributed by atoms with Gasteiger partial charge in [-0.3, -0.25) is 4.79 Å². The summed E-state index contributed by atoms with van der Waals surface area (Å²) in [6.07, 6.45) is 1.24. The molecule has 0 amide bonds. The molecule has 0 saturated carbocycles. The van der Waals surface area contributed by atoms with Gasteiger partial charge in [0.2, 0.25) is 0 Å². The van der Waals surface area contributed by atoms with Gasteiger partial charge in [-0.2, -0.15) is 0 Å². The predicted molar refractivity (Wildman–Crippen MR) is 129 cm³/mol. The molecule has 0 aliphatic rings. The quantitative estimate of drug-likeness (QED) is 0.103. The lowest BCUT2D eigenvalue weighted by molar-refractivity contribution is -0.145. The fraction of sp³-hybridized carbons (Fsp3) is 0.958. The Hall–Kier alpha value is -0.890. The molecule has 0 unspecified atom stereocenters. The predicted octanol–water partition coefficient (Wildman–Crippen LogP) is 1.50. The molecule has 0 rings (SSSR count). The van der Waals surface area contributed by atoms with Crippen molar-refractivity contribution in [3.8, 4) is 0 Å². The Bertz CT molecular complexity index is 413. The summed E-state index contributed by atoms with van der Waals surface area (Å²) in [5.74, 6) is -0.185. The van der Waals surface area contributed by atoms with E-state index in [0.29, 0.717) is 125 Å². The summed E-state index contributed by atoms with van der Waals surface area (Å²) < 4.78 is 53.3. The first-order valence-corrected chi connectivity index (χ1v) is 12.7.